The predicted octanol–water partition coefficient (Wildman–Crippen LogP) is 0.932. The number of urea groups is 1. The van der Waals surface area contributed by atoms with Crippen LogP contribution in [0.3, 0.4) is 0 Å². The Morgan fingerprint density at radius 3 is 2.65 bits per heavy atom. The van der Waals surface area contributed by atoms with Crippen LogP contribution in [-0.2, 0) is 15.1 Å². The van der Waals surface area contributed by atoms with Crippen LogP contribution in [0.25, 0.3) is 0 Å². The van der Waals surface area contributed by atoms with Crippen molar-refractivity contribution in [2.24, 2.45) is 5.73 Å². The van der Waals surface area contributed by atoms with Gasteiger partial charge in [-0.25, -0.2) is 9.18 Å². The van der Waals surface area contributed by atoms with E-state index in [0.29, 0.717) is 18.7 Å². The van der Waals surface area contributed by atoms with E-state index >= 15 is 0 Å². The van der Waals surface area contributed by atoms with Crippen LogP contribution in [0.5, 0.6) is 0 Å². The van der Waals surface area contributed by atoms with Crippen LogP contribution in [0.15, 0.2) is 24.3 Å². The first-order chi connectivity index (χ1) is 12.4. The highest BCUT2D eigenvalue weighted by Gasteiger charge is 2.49. The molecule has 2 aliphatic rings. The largest absolute Gasteiger partial charge is 0.337 e. The number of nitrogens with zero attached hydrogens (tertiary/aromatic N) is 2. The quantitative estimate of drug-likeness (QED) is 0.779. The third-order valence-electron chi connectivity index (χ3n) is 5.21. The van der Waals surface area contributed by atoms with Gasteiger partial charge in [0.2, 0.25) is 5.91 Å². The number of likely N-dealkylation sites (tertiary alicyclic amines) is 1. The minimum absolute atomic E-state index is 0.0551. The smallest absolute Gasteiger partial charge is 0.325 e. The standard InChI is InChI=1S/C18H23FN4O3/c1-18(12-5-7-13(19)8-6-12)16(25)23(17(26)21-18)11-15(24)22-9-3-2-4-14(22)10-20/h5-8,14H,2-4,9-11,20H2,1H3,(H,21,26). The first-order valence-corrected chi connectivity index (χ1v) is 8.76. The van der Waals surface area contributed by atoms with E-state index < -0.39 is 23.3 Å². The third kappa shape index (κ3) is 3.16. The molecule has 0 saturated carbocycles. The minimum atomic E-state index is -1.32. The van der Waals surface area contributed by atoms with Gasteiger partial charge in [-0.3, -0.25) is 14.5 Å². The van der Waals surface area contributed by atoms with E-state index in [4.69, 9.17) is 5.73 Å². The summed E-state index contributed by atoms with van der Waals surface area (Å²) in [7, 11) is 0. The van der Waals surface area contributed by atoms with E-state index in [1.54, 1.807) is 11.8 Å². The normalized spacial score (nSPS) is 26.2. The first-order valence-electron chi connectivity index (χ1n) is 8.76. The van der Waals surface area contributed by atoms with Crippen LogP contribution in [0, 0.1) is 5.82 Å². The van der Waals surface area contributed by atoms with Crippen molar-refractivity contribution in [3.8, 4) is 0 Å². The van der Waals surface area contributed by atoms with Gasteiger partial charge in [0.05, 0.1) is 0 Å². The lowest BCUT2D eigenvalue weighted by Gasteiger charge is -2.35. The number of nitrogens with one attached hydrogen (secondary N) is 1. The van der Waals surface area contributed by atoms with Gasteiger partial charge in [-0.1, -0.05) is 12.1 Å². The van der Waals surface area contributed by atoms with Crippen molar-refractivity contribution in [3.05, 3.63) is 35.6 Å². The fourth-order valence-corrected chi connectivity index (χ4v) is 3.62. The summed E-state index contributed by atoms with van der Waals surface area (Å²) in [6, 6.07) is 4.68. The Hall–Kier alpha value is -2.48. The summed E-state index contributed by atoms with van der Waals surface area (Å²) in [6.07, 6.45) is 2.72. The second-order valence-corrected chi connectivity index (χ2v) is 6.93. The molecule has 2 heterocycles. The Balaban J connectivity index is 1.76. The molecule has 2 unspecified atom stereocenters. The van der Waals surface area contributed by atoms with Gasteiger partial charge in [-0.2, -0.15) is 0 Å². The summed E-state index contributed by atoms with van der Waals surface area (Å²) in [4.78, 5) is 40.4. The molecule has 2 aliphatic heterocycles. The van der Waals surface area contributed by atoms with Crippen molar-refractivity contribution in [2.75, 3.05) is 19.6 Å². The Morgan fingerprint density at radius 1 is 1.31 bits per heavy atom. The second kappa shape index (κ2) is 7.03. The van der Waals surface area contributed by atoms with Crippen molar-refractivity contribution >= 4 is 17.8 Å². The Morgan fingerprint density at radius 2 is 2.00 bits per heavy atom. The number of nitrogens with two attached hydrogens (primary N) is 1. The molecule has 0 aliphatic carbocycles. The van der Waals surface area contributed by atoms with Crippen molar-refractivity contribution in [1.82, 2.24) is 15.1 Å². The summed E-state index contributed by atoms with van der Waals surface area (Å²) in [5.41, 5.74) is 4.88. The second-order valence-electron chi connectivity index (χ2n) is 6.93. The molecule has 1 aromatic carbocycles. The summed E-state index contributed by atoms with van der Waals surface area (Å²) >= 11 is 0. The van der Waals surface area contributed by atoms with E-state index in [2.05, 4.69) is 5.32 Å². The van der Waals surface area contributed by atoms with Crippen LogP contribution >= 0.6 is 0 Å². The molecule has 0 spiro atoms. The van der Waals surface area contributed by atoms with Gasteiger partial charge in [0.15, 0.2) is 0 Å². The van der Waals surface area contributed by atoms with Crippen LogP contribution in [0.2, 0.25) is 0 Å². The average molecular weight is 362 g/mol. The number of carbonyl (C=O) groups excluding carboxylic acids is 3. The van der Waals surface area contributed by atoms with Crippen LogP contribution in [0.1, 0.15) is 31.7 Å². The maximum Gasteiger partial charge on any atom is 0.325 e. The molecular weight excluding hydrogens is 339 g/mol. The van der Waals surface area contributed by atoms with Gasteiger partial charge in [-0.15, -0.1) is 0 Å². The molecule has 2 atom stereocenters. The first kappa shape index (κ1) is 18.3. The zero-order valence-corrected chi connectivity index (χ0v) is 14.7. The van der Waals surface area contributed by atoms with Crippen LogP contribution < -0.4 is 11.1 Å². The van der Waals surface area contributed by atoms with Crippen molar-refractivity contribution < 1.29 is 18.8 Å². The Kier molecular flexibility index (Phi) is 4.95. The topological polar surface area (TPSA) is 95.7 Å². The fraction of sp³-hybridized carbons (Fsp3) is 0.500. The zero-order chi connectivity index (χ0) is 18.9. The van der Waals surface area contributed by atoms with E-state index in [9.17, 15) is 18.8 Å². The maximum absolute atomic E-state index is 13.2. The summed E-state index contributed by atoms with van der Waals surface area (Å²) < 4.78 is 13.2. The lowest BCUT2D eigenvalue weighted by Crippen LogP contribution is -2.51. The average Bonchev–Trinajstić information content (AvgIpc) is 2.86. The minimum Gasteiger partial charge on any atom is -0.337 e. The molecule has 1 aromatic rings. The highest BCUT2D eigenvalue weighted by atomic mass is 19.1. The summed E-state index contributed by atoms with van der Waals surface area (Å²) in [6.45, 7) is 2.17. The molecule has 2 fully saturated rings. The molecule has 0 bridgehead atoms. The summed E-state index contributed by atoms with van der Waals surface area (Å²) in [5.74, 6) is -1.24. The van der Waals surface area contributed by atoms with E-state index in [-0.39, 0.29) is 18.5 Å². The molecule has 0 aromatic heterocycles. The Labute approximate surface area is 151 Å². The molecule has 7 nitrogen and oxygen atoms in total. The highest BCUT2D eigenvalue weighted by molar-refractivity contribution is 6.09. The number of piperidine rings is 1. The molecule has 4 amide bonds. The number of benzene rings is 1. The third-order valence-corrected chi connectivity index (χ3v) is 5.21. The van der Waals surface area contributed by atoms with Gasteiger partial charge >= 0.3 is 6.03 Å². The molecule has 140 valence electrons. The lowest BCUT2D eigenvalue weighted by atomic mass is 9.92. The predicted molar refractivity (Wildman–Crippen MR) is 92.4 cm³/mol. The van der Waals surface area contributed by atoms with E-state index in [0.717, 1.165) is 24.2 Å². The van der Waals surface area contributed by atoms with Gasteiger partial charge in [0.25, 0.3) is 5.91 Å². The highest BCUT2D eigenvalue weighted by Crippen LogP contribution is 2.29. The number of hydrogen-bond donors (Lipinski definition) is 2. The molecule has 3 N–H and O–H groups in total. The molecule has 2 saturated heterocycles. The molecule has 8 heteroatoms. The molecule has 0 radical (unpaired) electrons. The fourth-order valence-electron chi connectivity index (χ4n) is 3.62. The van der Waals surface area contributed by atoms with Crippen molar-refractivity contribution in [1.29, 1.82) is 0 Å². The molecule has 26 heavy (non-hydrogen) atoms. The van der Waals surface area contributed by atoms with Gasteiger partial charge < -0.3 is 16.0 Å². The number of carbonyl (C=O) groups is 3. The summed E-state index contributed by atoms with van der Waals surface area (Å²) in [5, 5.41) is 2.62. The van der Waals surface area contributed by atoms with Crippen molar-refractivity contribution in [2.45, 2.75) is 37.8 Å². The monoisotopic (exact) mass is 362 g/mol. The number of rotatable bonds is 4. The number of halogens is 1. The SMILES string of the molecule is CC1(c2ccc(F)cc2)NC(=O)N(CC(=O)N2CCCCC2CN)C1=O. The maximum atomic E-state index is 13.2. The number of amides is 4. The van der Waals surface area contributed by atoms with Gasteiger partial charge in [0.1, 0.15) is 17.9 Å². The van der Waals surface area contributed by atoms with Crippen molar-refractivity contribution in [3.63, 3.8) is 0 Å². The number of imide groups is 1. The zero-order valence-electron chi connectivity index (χ0n) is 14.7. The number of hydrogen-bond acceptors (Lipinski definition) is 4. The van der Waals surface area contributed by atoms with E-state index in [1.165, 1.54) is 24.3 Å². The molecule has 3 rings (SSSR count). The lowest BCUT2D eigenvalue weighted by molar-refractivity contribution is -0.141. The van der Waals surface area contributed by atoms with Gasteiger partial charge in [0, 0.05) is 19.1 Å². The van der Waals surface area contributed by atoms with E-state index in [1.807, 2.05) is 0 Å². The molecular formula is C18H23FN4O3. The van der Waals surface area contributed by atoms with Gasteiger partial charge in [-0.05, 0) is 43.9 Å². The Bertz CT molecular complexity index is 724. The van der Waals surface area contributed by atoms with Crippen LogP contribution in [-0.4, -0.2) is 53.3 Å². The van der Waals surface area contributed by atoms with Crippen LogP contribution in [0.4, 0.5) is 9.18 Å².